The van der Waals surface area contributed by atoms with Gasteiger partial charge in [0.05, 0.1) is 6.42 Å². The Bertz CT molecular complexity index is 786. The highest BCUT2D eigenvalue weighted by atomic mass is 16.4. The number of hydrogen-bond donors (Lipinski definition) is 2. The number of nitrogens with two attached hydrogens (primary N) is 1. The lowest BCUT2D eigenvalue weighted by Gasteiger charge is -2.32. The molecule has 0 aliphatic carbocycles. The van der Waals surface area contributed by atoms with Gasteiger partial charge in [0.15, 0.2) is 0 Å². The van der Waals surface area contributed by atoms with E-state index in [0.717, 1.165) is 36.2 Å². The van der Waals surface area contributed by atoms with Gasteiger partial charge in [0, 0.05) is 24.3 Å². The lowest BCUT2D eigenvalue weighted by Crippen LogP contribution is -2.29. The second-order valence-corrected chi connectivity index (χ2v) is 6.12. The minimum Gasteiger partial charge on any atom is -0.481 e. The van der Waals surface area contributed by atoms with Crippen molar-refractivity contribution in [3.8, 4) is 0 Å². The molecule has 0 radical (unpaired) electrons. The second kappa shape index (κ2) is 6.74. The maximum Gasteiger partial charge on any atom is 0.307 e. The molecule has 1 aliphatic heterocycles. The number of aryl methyl sites for hydroxylation is 1. The van der Waals surface area contributed by atoms with E-state index >= 15 is 0 Å². The number of carbonyl (C=O) groups is 2. The number of hydrogen-bond acceptors (Lipinski definition) is 3. The third-order valence-electron chi connectivity index (χ3n) is 4.30. The number of primary amides is 1. The van der Waals surface area contributed by atoms with Gasteiger partial charge in [-0.05, 0) is 47.7 Å². The van der Waals surface area contributed by atoms with Gasteiger partial charge in [-0.25, -0.2) is 0 Å². The molecule has 0 unspecified atom stereocenters. The van der Waals surface area contributed by atoms with Crippen LogP contribution in [-0.2, 0) is 24.2 Å². The van der Waals surface area contributed by atoms with Crippen LogP contribution in [0.5, 0.6) is 0 Å². The minimum absolute atomic E-state index is 0.0261. The third-order valence-corrected chi connectivity index (χ3v) is 4.30. The van der Waals surface area contributed by atoms with Gasteiger partial charge < -0.3 is 15.7 Å². The molecule has 24 heavy (non-hydrogen) atoms. The summed E-state index contributed by atoms with van der Waals surface area (Å²) in [5, 5.41) is 9.00. The van der Waals surface area contributed by atoms with Gasteiger partial charge in [-0.1, -0.05) is 24.3 Å². The summed E-state index contributed by atoms with van der Waals surface area (Å²) in [5.74, 6) is -1.26. The van der Waals surface area contributed by atoms with Gasteiger partial charge in [0.2, 0.25) is 5.91 Å². The van der Waals surface area contributed by atoms with E-state index in [-0.39, 0.29) is 6.42 Å². The Labute approximate surface area is 140 Å². The highest BCUT2D eigenvalue weighted by Crippen LogP contribution is 2.30. The molecule has 0 saturated carbocycles. The SMILES string of the molecule is NC(=O)c1cccc(CN2CCCc3ccc(CC(=O)O)cc32)c1. The maximum absolute atomic E-state index is 11.3. The summed E-state index contributed by atoms with van der Waals surface area (Å²) in [6.07, 6.45) is 2.08. The van der Waals surface area contributed by atoms with Crippen LogP contribution < -0.4 is 10.6 Å². The molecule has 0 spiro atoms. The number of carboxylic acid groups (broad SMARTS) is 1. The van der Waals surface area contributed by atoms with E-state index in [1.165, 1.54) is 5.56 Å². The van der Waals surface area contributed by atoms with Crippen LogP contribution >= 0.6 is 0 Å². The summed E-state index contributed by atoms with van der Waals surface area (Å²) in [6.45, 7) is 1.58. The first kappa shape index (κ1) is 16.1. The molecule has 3 rings (SSSR count). The Kier molecular flexibility index (Phi) is 4.51. The summed E-state index contributed by atoms with van der Waals surface area (Å²) >= 11 is 0. The molecule has 5 heteroatoms. The summed E-state index contributed by atoms with van der Waals surface area (Å²) in [6, 6.07) is 13.2. The van der Waals surface area contributed by atoms with Crippen molar-refractivity contribution in [1.29, 1.82) is 0 Å². The normalized spacial score (nSPS) is 13.4. The lowest BCUT2D eigenvalue weighted by molar-refractivity contribution is -0.136. The molecule has 0 aromatic heterocycles. The molecular weight excluding hydrogens is 304 g/mol. The molecule has 1 heterocycles. The van der Waals surface area contributed by atoms with Crippen LogP contribution in [0.1, 0.15) is 33.5 Å². The van der Waals surface area contributed by atoms with Gasteiger partial charge >= 0.3 is 5.97 Å². The zero-order valence-corrected chi connectivity index (χ0v) is 13.4. The number of benzene rings is 2. The monoisotopic (exact) mass is 324 g/mol. The molecule has 124 valence electrons. The van der Waals surface area contributed by atoms with E-state index < -0.39 is 11.9 Å². The van der Waals surface area contributed by atoms with Crippen LogP contribution in [0.15, 0.2) is 42.5 Å². The van der Waals surface area contributed by atoms with Gasteiger partial charge in [0.1, 0.15) is 0 Å². The molecule has 3 N–H and O–H groups in total. The van der Waals surface area contributed by atoms with Crippen molar-refractivity contribution in [2.75, 3.05) is 11.4 Å². The van der Waals surface area contributed by atoms with Crippen LogP contribution in [0.3, 0.4) is 0 Å². The molecule has 0 bridgehead atoms. The number of fused-ring (bicyclic) bond motifs is 1. The van der Waals surface area contributed by atoms with Crippen LogP contribution in [0.2, 0.25) is 0 Å². The van der Waals surface area contributed by atoms with E-state index in [4.69, 9.17) is 10.8 Å². The third kappa shape index (κ3) is 3.56. The van der Waals surface area contributed by atoms with E-state index in [0.29, 0.717) is 12.1 Å². The fourth-order valence-electron chi connectivity index (χ4n) is 3.19. The topological polar surface area (TPSA) is 83.6 Å². The Morgan fingerprint density at radius 2 is 1.96 bits per heavy atom. The quantitative estimate of drug-likeness (QED) is 0.884. The van der Waals surface area contributed by atoms with Gasteiger partial charge in [-0.2, -0.15) is 0 Å². The second-order valence-electron chi connectivity index (χ2n) is 6.12. The van der Waals surface area contributed by atoms with E-state index in [1.54, 1.807) is 6.07 Å². The lowest BCUT2D eigenvalue weighted by atomic mass is 9.98. The Hall–Kier alpha value is -2.82. The molecule has 2 aromatic carbocycles. The van der Waals surface area contributed by atoms with Crippen molar-refractivity contribution in [1.82, 2.24) is 0 Å². The van der Waals surface area contributed by atoms with Crippen LogP contribution in [0, 0.1) is 0 Å². The largest absolute Gasteiger partial charge is 0.481 e. The predicted octanol–water partition coefficient (Wildman–Crippen LogP) is 2.37. The molecule has 0 saturated heterocycles. The molecular formula is C19H20N2O3. The number of carboxylic acids is 1. The van der Waals surface area contributed by atoms with Crippen LogP contribution in [-0.4, -0.2) is 23.5 Å². The molecule has 0 atom stereocenters. The summed E-state index contributed by atoms with van der Waals surface area (Å²) in [7, 11) is 0. The number of rotatable bonds is 5. The van der Waals surface area contributed by atoms with Gasteiger partial charge in [-0.3, -0.25) is 9.59 Å². The highest BCUT2D eigenvalue weighted by Gasteiger charge is 2.18. The number of nitrogens with zero attached hydrogens (tertiary/aromatic N) is 1. The first-order chi connectivity index (χ1) is 11.5. The fourth-order valence-corrected chi connectivity index (χ4v) is 3.19. The van der Waals surface area contributed by atoms with Crippen molar-refractivity contribution in [3.63, 3.8) is 0 Å². The molecule has 2 aromatic rings. The molecule has 1 aliphatic rings. The highest BCUT2D eigenvalue weighted by molar-refractivity contribution is 5.92. The zero-order chi connectivity index (χ0) is 17.1. The summed E-state index contributed by atoms with van der Waals surface area (Å²) < 4.78 is 0. The summed E-state index contributed by atoms with van der Waals surface area (Å²) in [5.41, 5.74) is 10.0. The Balaban J connectivity index is 1.87. The van der Waals surface area contributed by atoms with Gasteiger partial charge in [0.25, 0.3) is 0 Å². The Morgan fingerprint density at radius 3 is 2.71 bits per heavy atom. The van der Waals surface area contributed by atoms with Crippen molar-refractivity contribution >= 4 is 17.6 Å². The van der Waals surface area contributed by atoms with E-state index in [2.05, 4.69) is 4.90 Å². The van der Waals surface area contributed by atoms with Crippen LogP contribution in [0.4, 0.5) is 5.69 Å². The average Bonchev–Trinajstić information content (AvgIpc) is 2.55. The molecule has 0 fully saturated rings. The molecule has 1 amide bonds. The van der Waals surface area contributed by atoms with Crippen molar-refractivity contribution in [2.24, 2.45) is 5.73 Å². The Morgan fingerprint density at radius 1 is 1.12 bits per heavy atom. The zero-order valence-electron chi connectivity index (χ0n) is 13.4. The number of aliphatic carboxylic acids is 1. The maximum atomic E-state index is 11.3. The smallest absolute Gasteiger partial charge is 0.307 e. The van der Waals surface area contributed by atoms with Crippen molar-refractivity contribution in [3.05, 3.63) is 64.7 Å². The van der Waals surface area contributed by atoms with Crippen LogP contribution in [0.25, 0.3) is 0 Å². The van der Waals surface area contributed by atoms with Crippen molar-refractivity contribution < 1.29 is 14.7 Å². The predicted molar refractivity (Wildman–Crippen MR) is 92.1 cm³/mol. The van der Waals surface area contributed by atoms with Gasteiger partial charge in [-0.15, -0.1) is 0 Å². The molecule has 5 nitrogen and oxygen atoms in total. The standard InChI is InChI=1S/C19H20N2O3/c20-19(24)16-4-1-3-14(9-16)12-21-8-2-5-15-7-6-13(10-17(15)21)11-18(22)23/h1,3-4,6-7,9-10H,2,5,8,11-12H2,(H2,20,24)(H,22,23). The minimum atomic E-state index is -0.827. The number of carbonyl (C=O) groups excluding carboxylic acids is 1. The average molecular weight is 324 g/mol. The summed E-state index contributed by atoms with van der Waals surface area (Å²) in [4.78, 5) is 24.5. The number of anilines is 1. The first-order valence-electron chi connectivity index (χ1n) is 8.00. The number of amides is 1. The van der Waals surface area contributed by atoms with E-state index in [1.807, 2.05) is 36.4 Å². The fraction of sp³-hybridized carbons (Fsp3) is 0.263. The first-order valence-corrected chi connectivity index (χ1v) is 8.00. The van der Waals surface area contributed by atoms with E-state index in [9.17, 15) is 9.59 Å². The van der Waals surface area contributed by atoms with Crippen molar-refractivity contribution in [2.45, 2.75) is 25.8 Å².